The quantitative estimate of drug-likeness (QED) is 0.849. The number of aliphatic hydroxyl groups is 1. The first-order chi connectivity index (χ1) is 8.15. The maximum absolute atomic E-state index is 11.2. The molecule has 0 spiro atoms. The molecule has 0 bridgehead atoms. The van der Waals surface area contributed by atoms with Crippen LogP contribution in [0.3, 0.4) is 0 Å². The minimum absolute atomic E-state index is 0.0601. The molecule has 17 heavy (non-hydrogen) atoms. The molecule has 4 heteroatoms. The fourth-order valence-electron chi connectivity index (χ4n) is 2.15. The summed E-state index contributed by atoms with van der Waals surface area (Å²) < 4.78 is 1.77. The van der Waals surface area contributed by atoms with Crippen LogP contribution in [0.1, 0.15) is 22.5 Å². The second-order valence-electron chi connectivity index (χ2n) is 4.08. The summed E-state index contributed by atoms with van der Waals surface area (Å²) >= 11 is 0. The van der Waals surface area contributed by atoms with Crippen LogP contribution in [0.15, 0.2) is 24.3 Å². The number of nitrogens with zero attached hydrogens (tertiary/aromatic N) is 1. The summed E-state index contributed by atoms with van der Waals surface area (Å²) in [6.45, 7) is 2.54. The molecule has 0 aliphatic rings. The second kappa shape index (κ2) is 4.59. The highest BCUT2D eigenvalue weighted by Crippen LogP contribution is 2.23. The van der Waals surface area contributed by atoms with Crippen molar-refractivity contribution >= 4 is 16.9 Å². The molecule has 4 nitrogen and oxygen atoms in total. The molecule has 2 aromatic rings. The van der Waals surface area contributed by atoms with Gasteiger partial charge >= 0.3 is 5.97 Å². The van der Waals surface area contributed by atoms with Crippen molar-refractivity contribution in [3.8, 4) is 0 Å². The Labute approximate surface area is 99.1 Å². The van der Waals surface area contributed by atoms with Gasteiger partial charge in [-0.1, -0.05) is 18.2 Å². The van der Waals surface area contributed by atoms with Crippen LogP contribution in [-0.2, 0) is 6.54 Å². The summed E-state index contributed by atoms with van der Waals surface area (Å²) in [5.41, 5.74) is 2.27. The van der Waals surface area contributed by atoms with Gasteiger partial charge < -0.3 is 14.8 Å². The van der Waals surface area contributed by atoms with E-state index >= 15 is 0 Å². The number of fused-ring (bicyclic) bond motifs is 1. The van der Waals surface area contributed by atoms with Gasteiger partial charge in [0.1, 0.15) is 5.69 Å². The van der Waals surface area contributed by atoms with E-state index in [9.17, 15) is 9.90 Å². The minimum atomic E-state index is -0.932. The molecule has 2 rings (SSSR count). The molecule has 1 heterocycles. The van der Waals surface area contributed by atoms with E-state index < -0.39 is 5.97 Å². The highest BCUT2D eigenvalue weighted by Gasteiger charge is 2.15. The number of carboxylic acids is 1. The predicted molar refractivity (Wildman–Crippen MR) is 65.3 cm³/mol. The molecule has 0 saturated heterocycles. The summed E-state index contributed by atoms with van der Waals surface area (Å²) in [5, 5.41) is 19.0. The summed E-state index contributed by atoms with van der Waals surface area (Å²) in [6, 6.07) is 7.47. The van der Waals surface area contributed by atoms with Gasteiger partial charge in [-0.15, -0.1) is 0 Å². The molecular formula is C13H15NO3. The van der Waals surface area contributed by atoms with Crippen molar-refractivity contribution in [1.29, 1.82) is 0 Å². The first-order valence-corrected chi connectivity index (χ1v) is 5.58. The summed E-state index contributed by atoms with van der Waals surface area (Å²) in [6.07, 6.45) is 0.554. The third-order valence-electron chi connectivity index (χ3n) is 2.88. The van der Waals surface area contributed by atoms with E-state index in [0.29, 0.717) is 13.0 Å². The molecular weight excluding hydrogens is 218 g/mol. The van der Waals surface area contributed by atoms with Crippen molar-refractivity contribution in [2.45, 2.75) is 19.9 Å². The average Bonchev–Trinajstić information content (AvgIpc) is 2.66. The predicted octanol–water partition coefficient (Wildman–Crippen LogP) is 2.03. The van der Waals surface area contributed by atoms with Crippen LogP contribution in [0, 0.1) is 6.92 Å². The van der Waals surface area contributed by atoms with Crippen LogP contribution in [0.25, 0.3) is 10.9 Å². The third-order valence-corrected chi connectivity index (χ3v) is 2.88. The van der Waals surface area contributed by atoms with E-state index in [1.807, 2.05) is 25.1 Å². The molecule has 0 fully saturated rings. The zero-order chi connectivity index (χ0) is 12.4. The number of aryl methyl sites for hydroxylation is 2. The molecule has 2 N–H and O–H groups in total. The van der Waals surface area contributed by atoms with Crippen molar-refractivity contribution in [3.05, 3.63) is 35.5 Å². The molecule has 0 atom stereocenters. The van der Waals surface area contributed by atoms with Gasteiger partial charge in [-0.25, -0.2) is 4.79 Å². The number of hydrogen-bond donors (Lipinski definition) is 2. The molecule has 0 amide bonds. The lowest BCUT2D eigenvalue weighted by molar-refractivity contribution is 0.0685. The van der Waals surface area contributed by atoms with Gasteiger partial charge in [-0.05, 0) is 25.0 Å². The Balaban J connectivity index is 2.64. The van der Waals surface area contributed by atoms with Crippen molar-refractivity contribution in [2.75, 3.05) is 6.61 Å². The molecule has 1 aromatic heterocycles. The fraction of sp³-hybridized carbons (Fsp3) is 0.308. The largest absolute Gasteiger partial charge is 0.477 e. The number of carboxylic acid groups (broad SMARTS) is 1. The van der Waals surface area contributed by atoms with Gasteiger partial charge in [0.2, 0.25) is 0 Å². The van der Waals surface area contributed by atoms with Crippen molar-refractivity contribution in [1.82, 2.24) is 4.57 Å². The fourth-order valence-corrected chi connectivity index (χ4v) is 2.15. The SMILES string of the molecule is Cc1cccc2cc(C(=O)O)n(CCCO)c12. The number of rotatable bonds is 4. The lowest BCUT2D eigenvalue weighted by Gasteiger charge is -2.08. The van der Waals surface area contributed by atoms with Gasteiger partial charge in [-0.2, -0.15) is 0 Å². The van der Waals surface area contributed by atoms with E-state index in [1.54, 1.807) is 10.6 Å². The minimum Gasteiger partial charge on any atom is -0.477 e. The summed E-state index contributed by atoms with van der Waals surface area (Å²) in [7, 11) is 0. The highest BCUT2D eigenvalue weighted by molar-refractivity contribution is 5.95. The molecule has 0 radical (unpaired) electrons. The van der Waals surface area contributed by atoms with E-state index in [-0.39, 0.29) is 12.3 Å². The van der Waals surface area contributed by atoms with Gasteiger partial charge in [-0.3, -0.25) is 0 Å². The first kappa shape index (κ1) is 11.7. The standard InChI is InChI=1S/C13H15NO3/c1-9-4-2-5-10-8-11(13(16)17)14(12(9)10)6-3-7-15/h2,4-5,8,15H,3,6-7H2,1H3,(H,16,17). The molecule has 0 saturated carbocycles. The monoisotopic (exact) mass is 233 g/mol. The van der Waals surface area contributed by atoms with Crippen LogP contribution >= 0.6 is 0 Å². The van der Waals surface area contributed by atoms with E-state index in [4.69, 9.17) is 5.11 Å². The van der Waals surface area contributed by atoms with Crippen molar-refractivity contribution < 1.29 is 15.0 Å². The van der Waals surface area contributed by atoms with E-state index in [2.05, 4.69) is 0 Å². The van der Waals surface area contributed by atoms with Crippen LogP contribution in [-0.4, -0.2) is 27.4 Å². The topological polar surface area (TPSA) is 62.5 Å². The Hall–Kier alpha value is -1.81. The first-order valence-electron chi connectivity index (χ1n) is 5.58. The second-order valence-corrected chi connectivity index (χ2v) is 4.08. The molecule has 0 unspecified atom stereocenters. The Bertz CT molecular complexity index is 557. The smallest absolute Gasteiger partial charge is 0.352 e. The number of benzene rings is 1. The maximum atomic E-state index is 11.2. The normalized spacial score (nSPS) is 10.9. The molecule has 0 aliphatic heterocycles. The Kier molecular flexibility index (Phi) is 3.15. The third kappa shape index (κ3) is 2.03. The zero-order valence-electron chi connectivity index (χ0n) is 9.68. The Morgan fingerprint density at radius 2 is 2.18 bits per heavy atom. The summed E-state index contributed by atoms with van der Waals surface area (Å²) in [5.74, 6) is -0.932. The number of hydrogen-bond acceptors (Lipinski definition) is 2. The average molecular weight is 233 g/mol. The van der Waals surface area contributed by atoms with Crippen molar-refractivity contribution in [3.63, 3.8) is 0 Å². The van der Waals surface area contributed by atoms with Crippen LogP contribution in [0.5, 0.6) is 0 Å². The number of para-hydroxylation sites is 1. The van der Waals surface area contributed by atoms with Crippen LogP contribution < -0.4 is 0 Å². The van der Waals surface area contributed by atoms with Crippen LogP contribution in [0.4, 0.5) is 0 Å². The highest BCUT2D eigenvalue weighted by atomic mass is 16.4. The van der Waals surface area contributed by atoms with Gasteiger partial charge in [0.15, 0.2) is 0 Å². The van der Waals surface area contributed by atoms with Gasteiger partial charge in [0.25, 0.3) is 0 Å². The van der Waals surface area contributed by atoms with Crippen LogP contribution in [0.2, 0.25) is 0 Å². The number of aromatic carboxylic acids is 1. The van der Waals surface area contributed by atoms with Gasteiger partial charge in [0.05, 0.1) is 5.52 Å². The zero-order valence-corrected chi connectivity index (χ0v) is 9.68. The molecule has 0 aliphatic carbocycles. The number of aromatic nitrogens is 1. The van der Waals surface area contributed by atoms with E-state index in [1.165, 1.54) is 0 Å². The maximum Gasteiger partial charge on any atom is 0.352 e. The molecule has 1 aromatic carbocycles. The van der Waals surface area contributed by atoms with Gasteiger partial charge in [0, 0.05) is 18.5 Å². The van der Waals surface area contributed by atoms with E-state index in [0.717, 1.165) is 16.5 Å². The van der Waals surface area contributed by atoms with Crippen molar-refractivity contribution in [2.24, 2.45) is 0 Å². The Morgan fingerprint density at radius 3 is 2.82 bits per heavy atom. The Morgan fingerprint density at radius 1 is 1.41 bits per heavy atom. The lowest BCUT2D eigenvalue weighted by atomic mass is 10.2. The molecule has 90 valence electrons. The number of aliphatic hydroxyl groups excluding tert-OH is 1. The number of carbonyl (C=O) groups is 1. The lowest BCUT2D eigenvalue weighted by Crippen LogP contribution is -2.09. The summed E-state index contributed by atoms with van der Waals surface area (Å²) in [4.78, 5) is 11.2.